The Morgan fingerprint density at radius 2 is 2.33 bits per heavy atom. The fraction of sp³-hybridized carbons (Fsp3) is 0.900. The van der Waals surface area contributed by atoms with E-state index in [1.54, 1.807) is 6.92 Å². The number of nitrogens with zero attached hydrogens (tertiary/aromatic N) is 2. The summed E-state index contributed by atoms with van der Waals surface area (Å²) in [6, 6.07) is 0. The Hall–Kier alpha value is -0.860. The molecule has 0 aromatic rings. The fourth-order valence-corrected chi connectivity index (χ4v) is 2.21. The number of ether oxygens (including phenoxy) is 1. The van der Waals surface area contributed by atoms with Crippen molar-refractivity contribution >= 4 is 16.0 Å². The average molecular weight is 278 g/mol. The SMILES string of the molecule is CCS(=O)(=O)NCCN=C(N)N1CCOC(C)C1. The topological polar surface area (TPSA) is 97.0 Å². The third-order valence-corrected chi connectivity index (χ3v) is 4.06. The van der Waals surface area contributed by atoms with Crippen LogP contribution in [0.1, 0.15) is 13.8 Å². The second-order valence-electron chi connectivity index (χ2n) is 4.17. The first-order valence-corrected chi connectivity index (χ1v) is 7.73. The number of nitrogens with two attached hydrogens (primary N) is 1. The normalized spacial score (nSPS) is 22.2. The van der Waals surface area contributed by atoms with Gasteiger partial charge in [0.2, 0.25) is 10.0 Å². The van der Waals surface area contributed by atoms with Crippen molar-refractivity contribution in [1.29, 1.82) is 0 Å². The van der Waals surface area contributed by atoms with E-state index >= 15 is 0 Å². The lowest BCUT2D eigenvalue weighted by atomic mass is 10.3. The molecular weight excluding hydrogens is 256 g/mol. The molecule has 0 bridgehead atoms. The van der Waals surface area contributed by atoms with Crippen LogP contribution in [0.3, 0.4) is 0 Å². The molecule has 0 amide bonds. The lowest BCUT2D eigenvalue weighted by Gasteiger charge is -2.31. The molecule has 0 saturated carbocycles. The first-order chi connectivity index (χ1) is 8.44. The van der Waals surface area contributed by atoms with Gasteiger partial charge in [-0.1, -0.05) is 0 Å². The summed E-state index contributed by atoms with van der Waals surface area (Å²) < 4.78 is 30.2. The first kappa shape index (κ1) is 15.2. The molecule has 1 aliphatic heterocycles. The van der Waals surface area contributed by atoms with E-state index in [9.17, 15) is 8.42 Å². The van der Waals surface area contributed by atoms with Crippen molar-refractivity contribution in [3.8, 4) is 0 Å². The van der Waals surface area contributed by atoms with Crippen molar-refractivity contribution in [3.63, 3.8) is 0 Å². The number of morpholine rings is 1. The molecule has 0 spiro atoms. The van der Waals surface area contributed by atoms with Crippen molar-refractivity contribution in [2.45, 2.75) is 20.0 Å². The molecule has 0 aliphatic carbocycles. The number of sulfonamides is 1. The summed E-state index contributed by atoms with van der Waals surface area (Å²) in [4.78, 5) is 6.10. The van der Waals surface area contributed by atoms with Crippen LogP contribution in [0, 0.1) is 0 Å². The summed E-state index contributed by atoms with van der Waals surface area (Å²) in [6.45, 7) is 6.27. The molecular formula is C10H22N4O3S. The molecule has 1 saturated heterocycles. The molecule has 1 fully saturated rings. The summed E-state index contributed by atoms with van der Waals surface area (Å²) in [5, 5.41) is 0. The van der Waals surface area contributed by atoms with Gasteiger partial charge in [0.05, 0.1) is 25.0 Å². The highest BCUT2D eigenvalue weighted by atomic mass is 32.2. The van der Waals surface area contributed by atoms with E-state index in [4.69, 9.17) is 10.5 Å². The molecule has 1 rings (SSSR count). The smallest absolute Gasteiger partial charge is 0.211 e. The molecule has 0 radical (unpaired) electrons. The highest BCUT2D eigenvalue weighted by Crippen LogP contribution is 2.03. The second kappa shape index (κ2) is 6.91. The Bertz CT molecular complexity index is 383. The van der Waals surface area contributed by atoms with Gasteiger partial charge in [-0.2, -0.15) is 0 Å². The molecule has 1 aliphatic rings. The van der Waals surface area contributed by atoms with Crippen molar-refractivity contribution in [3.05, 3.63) is 0 Å². The molecule has 1 atom stereocenters. The number of rotatable bonds is 5. The Balaban J connectivity index is 2.33. The Labute approximate surface area is 108 Å². The van der Waals surface area contributed by atoms with Gasteiger partial charge in [0.15, 0.2) is 5.96 Å². The zero-order chi connectivity index (χ0) is 13.6. The van der Waals surface area contributed by atoms with Crippen LogP contribution in [-0.4, -0.2) is 63.9 Å². The van der Waals surface area contributed by atoms with Gasteiger partial charge >= 0.3 is 0 Å². The fourth-order valence-electron chi connectivity index (χ4n) is 1.60. The summed E-state index contributed by atoms with van der Waals surface area (Å²) in [6.07, 6.45) is 0.145. The van der Waals surface area contributed by atoms with Crippen LogP contribution in [0.5, 0.6) is 0 Å². The number of hydrogen-bond donors (Lipinski definition) is 2. The Morgan fingerprint density at radius 3 is 2.94 bits per heavy atom. The standard InChI is InChI=1S/C10H22N4O3S/c1-3-18(15,16)13-5-4-12-10(11)14-6-7-17-9(2)8-14/h9,13H,3-8H2,1-2H3,(H2,11,12). The number of aliphatic imine (C=N–C) groups is 1. The predicted molar refractivity (Wildman–Crippen MR) is 70.9 cm³/mol. The second-order valence-corrected chi connectivity index (χ2v) is 6.26. The van der Waals surface area contributed by atoms with Crippen molar-refractivity contribution in [1.82, 2.24) is 9.62 Å². The molecule has 7 nitrogen and oxygen atoms in total. The van der Waals surface area contributed by atoms with Crippen LogP contribution in [0.2, 0.25) is 0 Å². The maximum Gasteiger partial charge on any atom is 0.211 e. The minimum atomic E-state index is -3.14. The zero-order valence-electron chi connectivity index (χ0n) is 10.9. The number of guanidine groups is 1. The predicted octanol–water partition coefficient (Wildman–Crippen LogP) is -1.04. The number of hydrogen-bond acceptors (Lipinski definition) is 4. The Kier molecular flexibility index (Phi) is 5.83. The molecule has 18 heavy (non-hydrogen) atoms. The molecule has 8 heteroatoms. The van der Waals surface area contributed by atoms with Gasteiger partial charge in [-0.25, -0.2) is 13.1 Å². The van der Waals surface area contributed by atoms with Crippen LogP contribution >= 0.6 is 0 Å². The third-order valence-electron chi connectivity index (χ3n) is 2.65. The lowest BCUT2D eigenvalue weighted by molar-refractivity contribution is 0.00530. The highest BCUT2D eigenvalue weighted by molar-refractivity contribution is 7.89. The largest absolute Gasteiger partial charge is 0.375 e. The van der Waals surface area contributed by atoms with Crippen LogP contribution in [-0.2, 0) is 14.8 Å². The minimum Gasteiger partial charge on any atom is -0.375 e. The van der Waals surface area contributed by atoms with Gasteiger partial charge in [-0.15, -0.1) is 0 Å². The van der Waals surface area contributed by atoms with Crippen molar-refractivity contribution < 1.29 is 13.2 Å². The average Bonchev–Trinajstić information content (AvgIpc) is 2.34. The monoisotopic (exact) mass is 278 g/mol. The van der Waals surface area contributed by atoms with Gasteiger partial charge in [-0.05, 0) is 13.8 Å². The highest BCUT2D eigenvalue weighted by Gasteiger charge is 2.17. The van der Waals surface area contributed by atoms with Gasteiger partial charge in [-0.3, -0.25) is 4.99 Å². The molecule has 0 aromatic carbocycles. The molecule has 3 N–H and O–H groups in total. The summed E-state index contributed by atoms with van der Waals surface area (Å²) in [7, 11) is -3.14. The Morgan fingerprint density at radius 1 is 1.61 bits per heavy atom. The van der Waals surface area contributed by atoms with E-state index in [-0.39, 0.29) is 18.4 Å². The third kappa shape index (κ3) is 5.19. The van der Waals surface area contributed by atoms with Gasteiger partial charge in [0.25, 0.3) is 0 Å². The number of nitrogens with one attached hydrogen (secondary N) is 1. The maximum atomic E-state index is 11.2. The van der Waals surface area contributed by atoms with Gasteiger partial charge in [0, 0.05) is 19.6 Å². The minimum absolute atomic E-state index is 0.0766. The molecule has 0 aromatic heterocycles. The molecule has 1 heterocycles. The molecule has 1 unspecified atom stereocenters. The first-order valence-electron chi connectivity index (χ1n) is 6.08. The summed E-state index contributed by atoms with van der Waals surface area (Å²) in [5.41, 5.74) is 5.84. The summed E-state index contributed by atoms with van der Waals surface area (Å²) >= 11 is 0. The van der Waals surface area contributed by atoms with Crippen LogP contribution in [0.4, 0.5) is 0 Å². The van der Waals surface area contributed by atoms with E-state index in [1.807, 2.05) is 11.8 Å². The quantitative estimate of drug-likeness (QED) is 0.380. The van der Waals surface area contributed by atoms with Crippen molar-refractivity contribution in [2.75, 3.05) is 38.5 Å². The van der Waals surface area contributed by atoms with E-state index in [0.29, 0.717) is 19.1 Å². The van der Waals surface area contributed by atoms with Crippen LogP contribution in [0.25, 0.3) is 0 Å². The molecule has 106 valence electrons. The van der Waals surface area contributed by atoms with E-state index in [1.165, 1.54) is 0 Å². The lowest BCUT2D eigenvalue weighted by Crippen LogP contribution is -2.48. The zero-order valence-corrected chi connectivity index (χ0v) is 11.7. The summed E-state index contributed by atoms with van der Waals surface area (Å²) in [5.74, 6) is 0.522. The van der Waals surface area contributed by atoms with Crippen molar-refractivity contribution in [2.24, 2.45) is 10.7 Å². The van der Waals surface area contributed by atoms with Gasteiger partial charge < -0.3 is 15.4 Å². The van der Waals surface area contributed by atoms with Gasteiger partial charge in [0.1, 0.15) is 0 Å². The van der Waals surface area contributed by atoms with Crippen LogP contribution in [0.15, 0.2) is 4.99 Å². The van der Waals surface area contributed by atoms with Crippen LogP contribution < -0.4 is 10.5 Å². The maximum absolute atomic E-state index is 11.2. The van der Waals surface area contributed by atoms with E-state index in [0.717, 1.165) is 13.1 Å². The van der Waals surface area contributed by atoms with E-state index in [2.05, 4.69) is 9.71 Å². The van der Waals surface area contributed by atoms with E-state index < -0.39 is 10.0 Å².